The maximum atomic E-state index is 8.65. The van der Waals surface area contributed by atoms with Crippen LogP contribution in [0.3, 0.4) is 0 Å². The molecule has 0 unspecified atom stereocenters. The van der Waals surface area contributed by atoms with Gasteiger partial charge in [0, 0.05) is 18.6 Å². The highest BCUT2D eigenvalue weighted by Gasteiger charge is 2.23. The van der Waals surface area contributed by atoms with Crippen molar-refractivity contribution in [1.29, 1.82) is 0 Å². The van der Waals surface area contributed by atoms with Crippen LogP contribution in [0.15, 0.2) is 5.16 Å². The minimum Gasteiger partial charge on any atom is -0.409 e. The second-order valence-corrected chi connectivity index (χ2v) is 5.49. The molecule has 0 saturated heterocycles. The number of hydrogen-bond donors (Lipinski definition) is 3. The van der Waals surface area contributed by atoms with Crippen molar-refractivity contribution < 1.29 is 9.94 Å². The van der Waals surface area contributed by atoms with E-state index in [0.29, 0.717) is 6.61 Å². The highest BCUT2D eigenvalue weighted by atomic mass is 16.5. The van der Waals surface area contributed by atoms with E-state index in [-0.39, 0.29) is 16.9 Å². The molecule has 0 rings (SSSR count). The summed E-state index contributed by atoms with van der Waals surface area (Å²) in [5.41, 5.74) is 5.16. The zero-order valence-corrected chi connectivity index (χ0v) is 11.7. The van der Waals surface area contributed by atoms with Gasteiger partial charge in [-0.3, -0.25) is 0 Å². The highest BCUT2D eigenvalue weighted by molar-refractivity contribution is 5.85. The van der Waals surface area contributed by atoms with Crippen molar-refractivity contribution in [1.82, 2.24) is 5.32 Å². The molecule has 0 aliphatic heterocycles. The maximum absolute atomic E-state index is 8.65. The Morgan fingerprint density at radius 1 is 1.35 bits per heavy atom. The normalized spacial score (nSPS) is 14.1. The minimum atomic E-state index is -0.294. The molecular weight excluding hydrogens is 218 g/mol. The lowest BCUT2D eigenvalue weighted by atomic mass is 9.88. The molecule has 17 heavy (non-hydrogen) atoms. The Labute approximate surface area is 104 Å². The Kier molecular flexibility index (Phi) is 6.49. The van der Waals surface area contributed by atoms with Gasteiger partial charge in [-0.25, -0.2) is 0 Å². The molecule has 0 aromatic heterocycles. The summed E-state index contributed by atoms with van der Waals surface area (Å²) in [6.45, 7) is 12.3. The van der Waals surface area contributed by atoms with E-state index in [0.717, 1.165) is 19.5 Å². The van der Waals surface area contributed by atoms with Crippen LogP contribution in [0.5, 0.6) is 0 Å². The monoisotopic (exact) mass is 245 g/mol. The molecule has 5 nitrogen and oxygen atoms in total. The molecule has 0 heterocycles. The number of amidine groups is 1. The Morgan fingerprint density at radius 3 is 2.41 bits per heavy atom. The summed E-state index contributed by atoms with van der Waals surface area (Å²) in [7, 11) is 0. The number of hydrogen-bond acceptors (Lipinski definition) is 4. The van der Waals surface area contributed by atoms with Crippen LogP contribution in [0.2, 0.25) is 0 Å². The van der Waals surface area contributed by atoms with Crippen LogP contribution in [0.1, 0.15) is 41.0 Å². The third kappa shape index (κ3) is 6.48. The number of oxime groups is 1. The lowest BCUT2D eigenvalue weighted by Crippen LogP contribution is -2.40. The molecule has 0 saturated carbocycles. The summed E-state index contributed by atoms with van der Waals surface area (Å²) in [6, 6.07) is 0. The molecular formula is C12H27N3O2. The van der Waals surface area contributed by atoms with Gasteiger partial charge in [-0.2, -0.15) is 0 Å². The summed E-state index contributed by atoms with van der Waals surface area (Å²) in [5.74, 6) is 0.267. The first-order valence-electron chi connectivity index (χ1n) is 6.08. The number of nitrogens with one attached hydrogen (secondary N) is 1. The predicted octanol–water partition coefficient (Wildman–Crippen LogP) is 1.55. The fourth-order valence-electron chi connectivity index (χ4n) is 1.50. The zero-order chi connectivity index (χ0) is 13.5. The molecule has 0 bridgehead atoms. The van der Waals surface area contributed by atoms with Crippen LogP contribution >= 0.6 is 0 Å². The van der Waals surface area contributed by atoms with Gasteiger partial charge in [0.05, 0.1) is 5.60 Å². The van der Waals surface area contributed by atoms with Gasteiger partial charge in [-0.15, -0.1) is 0 Å². The lowest BCUT2D eigenvalue weighted by Gasteiger charge is -2.27. The van der Waals surface area contributed by atoms with Crippen LogP contribution in [-0.2, 0) is 4.74 Å². The molecule has 102 valence electrons. The van der Waals surface area contributed by atoms with E-state index >= 15 is 0 Å². The topological polar surface area (TPSA) is 79.9 Å². The van der Waals surface area contributed by atoms with Crippen LogP contribution in [0, 0.1) is 5.41 Å². The molecule has 0 aliphatic rings. The summed E-state index contributed by atoms with van der Waals surface area (Å²) >= 11 is 0. The van der Waals surface area contributed by atoms with Gasteiger partial charge in [-0.1, -0.05) is 19.0 Å². The standard InChI is InChI=1S/C12H27N3O2/c1-6-17-12(4,5)9-14-8-7-11(2,3)10(13)15-16/h14,16H,6-9H2,1-5H3,(H2,13,15). The van der Waals surface area contributed by atoms with E-state index in [9.17, 15) is 0 Å². The third-order valence-electron chi connectivity index (χ3n) is 2.81. The number of nitrogens with two attached hydrogens (primary N) is 1. The van der Waals surface area contributed by atoms with E-state index < -0.39 is 0 Å². The second kappa shape index (κ2) is 6.81. The van der Waals surface area contributed by atoms with Gasteiger partial charge in [0.1, 0.15) is 5.84 Å². The first-order chi connectivity index (χ1) is 7.75. The van der Waals surface area contributed by atoms with Crippen molar-refractivity contribution >= 4 is 5.84 Å². The predicted molar refractivity (Wildman–Crippen MR) is 70.4 cm³/mol. The van der Waals surface area contributed by atoms with Crippen LogP contribution < -0.4 is 11.1 Å². The molecule has 0 atom stereocenters. The third-order valence-corrected chi connectivity index (χ3v) is 2.81. The first kappa shape index (κ1) is 16.2. The van der Waals surface area contributed by atoms with Gasteiger partial charge in [0.15, 0.2) is 0 Å². The second-order valence-electron chi connectivity index (χ2n) is 5.49. The summed E-state index contributed by atoms with van der Waals surface area (Å²) in [6.07, 6.45) is 0.811. The summed E-state index contributed by atoms with van der Waals surface area (Å²) in [4.78, 5) is 0. The molecule has 0 radical (unpaired) electrons. The Morgan fingerprint density at radius 2 is 1.94 bits per heavy atom. The number of ether oxygens (including phenoxy) is 1. The van der Waals surface area contributed by atoms with Crippen molar-refractivity contribution in [3.63, 3.8) is 0 Å². The SMILES string of the molecule is CCOC(C)(C)CNCCC(C)(C)C(N)=NO. The summed E-state index contributed by atoms with van der Waals surface area (Å²) < 4.78 is 5.58. The van der Waals surface area contributed by atoms with Crippen LogP contribution in [0.25, 0.3) is 0 Å². The Hall–Kier alpha value is -0.810. The molecule has 4 N–H and O–H groups in total. The average molecular weight is 245 g/mol. The zero-order valence-electron chi connectivity index (χ0n) is 11.7. The van der Waals surface area contributed by atoms with E-state index in [2.05, 4.69) is 24.3 Å². The fourth-order valence-corrected chi connectivity index (χ4v) is 1.50. The van der Waals surface area contributed by atoms with Gasteiger partial charge in [0.2, 0.25) is 0 Å². The van der Waals surface area contributed by atoms with E-state index in [1.54, 1.807) is 0 Å². The highest BCUT2D eigenvalue weighted by Crippen LogP contribution is 2.19. The Balaban J connectivity index is 3.93. The van der Waals surface area contributed by atoms with Crippen molar-refractivity contribution in [2.45, 2.75) is 46.6 Å². The average Bonchev–Trinajstić information content (AvgIpc) is 2.23. The number of nitrogens with zero attached hydrogens (tertiary/aromatic N) is 1. The van der Waals surface area contributed by atoms with Crippen molar-refractivity contribution in [2.24, 2.45) is 16.3 Å². The van der Waals surface area contributed by atoms with Crippen LogP contribution in [0.4, 0.5) is 0 Å². The van der Waals surface area contributed by atoms with Crippen molar-refractivity contribution in [3.8, 4) is 0 Å². The molecule has 0 fully saturated rings. The summed E-state index contributed by atoms with van der Waals surface area (Å²) in [5, 5.41) is 15.0. The minimum absolute atomic E-state index is 0.157. The fraction of sp³-hybridized carbons (Fsp3) is 0.917. The molecule has 5 heteroatoms. The van der Waals surface area contributed by atoms with Gasteiger partial charge in [-0.05, 0) is 33.7 Å². The maximum Gasteiger partial charge on any atom is 0.144 e. The quantitative estimate of drug-likeness (QED) is 0.199. The van der Waals surface area contributed by atoms with E-state index in [1.165, 1.54) is 0 Å². The molecule has 0 amide bonds. The molecule has 0 aromatic carbocycles. The van der Waals surface area contributed by atoms with Gasteiger partial charge < -0.3 is 21.0 Å². The van der Waals surface area contributed by atoms with Crippen molar-refractivity contribution in [3.05, 3.63) is 0 Å². The van der Waals surface area contributed by atoms with E-state index in [1.807, 2.05) is 20.8 Å². The largest absolute Gasteiger partial charge is 0.409 e. The molecule has 0 aliphatic carbocycles. The smallest absolute Gasteiger partial charge is 0.144 e. The lowest BCUT2D eigenvalue weighted by molar-refractivity contribution is -0.00888. The van der Waals surface area contributed by atoms with E-state index in [4.69, 9.17) is 15.7 Å². The number of rotatable bonds is 8. The molecule has 0 aromatic rings. The van der Waals surface area contributed by atoms with Crippen molar-refractivity contribution in [2.75, 3.05) is 19.7 Å². The Bertz CT molecular complexity index is 250. The van der Waals surface area contributed by atoms with Gasteiger partial charge in [0.25, 0.3) is 0 Å². The molecule has 0 spiro atoms. The first-order valence-corrected chi connectivity index (χ1v) is 6.08. The van der Waals surface area contributed by atoms with Crippen LogP contribution in [-0.4, -0.2) is 36.3 Å². The van der Waals surface area contributed by atoms with Gasteiger partial charge >= 0.3 is 0 Å².